The van der Waals surface area contributed by atoms with Gasteiger partial charge >= 0.3 is 12.3 Å². The molecule has 116 valence electrons. The second kappa shape index (κ2) is 6.51. The molecule has 1 N–H and O–H groups in total. The van der Waals surface area contributed by atoms with Crippen LogP contribution >= 0.6 is 0 Å². The molecule has 0 aliphatic heterocycles. The van der Waals surface area contributed by atoms with E-state index >= 15 is 0 Å². The van der Waals surface area contributed by atoms with E-state index in [2.05, 4.69) is 4.74 Å². The molecule has 0 aromatic heterocycles. The van der Waals surface area contributed by atoms with E-state index in [4.69, 9.17) is 0 Å². The Bertz CT molecular complexity index is 621. The first-order valence-corrected chi connectivity index (χ1v) is 6.47. The first-order valence-electron chi connectivity index (χ1n) is 6.47. The number of aliphatic carboxylic acids is 1. The number of carbonyl (C=O) groups is 1. The summed E-state index contributed by atoms with van der Waals surface area (Å²) in [6, 6.07) is 13.9. The Morgan fingerprint density at radius 2 is 1.64 bits per heavy atom. The van der Waals surface area contributed by atoms with Crippen molar-refractivity contribution in [3.8, 4) is 5.75 Å². The number of benzene rings is 2. The zero-order chi connectivity index (χ0) is 16.2. The van der Waals surface area contributed by atoms with Crippen LogP contribution in [0.2, 0.25) is 0 Å². The van der Waals surface area contributed by atoms with Crippen LogP contribution in [0.1, 0.15) is 17.0 Å². The normalized spacial score (nSPS) is 12.7. The molecule has 3 nitrogen and oxygen atoms in total. The highest BCUT2D eigenvalue weighted by atomic mass is 19.4. The van der Waals surface area contributed by atoms with Crippen LogP contribution in [-0.4, -0.2) is 17.4 Å². The van der Waals surface area contributed by atoms with Crippen molar-refractivity contribution in [1.82, 2.24) is 0 Å². The van der Waals surface area contributed by atoms with Crippen molar-refractivity contribution >= 4 is 5.97 Å². The summed E-state index contributed by atoms with van der Waals surface area (Å²) in [6.07, 6.45) is -4.55. The Labute approximate surface area is 125 Å². The van der Waals surface area contributed by atoms with Crippen molar-refractivity contribution < 1.29 is 27.8 Å². The van der Waals surface area contributed by atoms with Gasteiger partial charge in [0.05, 0.1) is 5.92 Å². The molecule has 0 saturated carbocycles. The first kappa shape index (κ1) is 15.9. The van der Waals surface area contributed by atoms with Crippen molar-refractivity contribution in [2.45, 2.75) is 18.7 Å². The SMILES string of the molecule is O=C(O)C(Cc1ccc(OC(F)(F)F)cc1)c1ccccc1. The number of carboxylic acids is 1. The molecule has 2 rings (SSSR count). The highest BCUT2D eigenvalue weighted by Gasteiger charge is 2.31. The minimum atomic E-state index is -4.74. The fraction of sp³-hybridized carbons (Fsp3) is 0.188. The average Bonchev–Trinajstić information content (AvgIpc) is 2.45. The zero-order valence-corrected chi connectivity index (χ0v) is 11.4. The van der Waals surface area contributed by atoms with E-state index in [0.29, 0.717) is 11.1 Å². The van der Waals surface area contributed by atoms with E-state index in [0.717, 1.165) is 0 Å². The van der Waals surface area contributed by atoms with Gasteiger partial charge in [0.25, 0.3) is 0 Å². The Balaban J connectivity index is 2.13. The maximum Gasteiger partial charge on any atom is 0.573 e. The molecule has 0 aliphatic carbocycles. The van der Waals surface area contributed by atoms with Crippen molar-refractivity contribution in [1.29, 1.82) is 0 Å². The molecule has 6 heteroatoms. The highest BCUT2D eigenvalue weighted by Crippen LogP contribution is 2.25. The summed E-state index contributed by atoms with van der Waals surface area (Å²) < 4.78 is 40.0. The van der Waals surface area contributed by atoms with Crippen molar-refractivity contribution in [2.24, 2.45) is 0 Å². The van der Waals surface area contributed by atoms with Crippen LogP contribution in [0.25, 0.3) is 0 Å². The lowest BCUT2D eigenvalue weighted by molar-refractivity contribution is -0.274. The molecule has 0 aliphatic rings. The van der Waals surface area contributed by atoms with Gasteiger partial charge in [-0.05, 0) is 29.7 Å². The number of rotatable bonds is 5. The first-order chi connectivity index (χ1) is 10.3. The molecule has 2 aromatic rings. The summed E-state index contributed by atoms with van der Waals surface area (Å²) in [5.41, 5.74) is 1.26. The quantitative estimate of drug-likeness (QED) is 0.908. The van der Waals surface area contributed by atoms with Gasteiger partial charge in [-0.3, -0.25) is 4.79 Å². The Morgan fingerprint density at radius 1 is 1.05 bits per heavy atom. The minimum Gasteiger partial charge on any atom is -0.481 e. The lowest BCUT2D eigenvalue weighted by Crippen LogP contribution is -2.17. The number of alkyl halides is 3. The summed E-state index contributed by atoms with van der Waals surface area (Å²) in [4.78, 5) is 11.4. The zero-order valence-electron chi connectivity index (χ0n) is 11.4. The van der Waals surface area contributed by atoms with E-state index in [1.165, 1.54) is 24.3 Å². The van der Waals surface area contributed by atoms with E-state index in [1.54, 1.807) is 30.3 Å². The largest absolute Gasteiger partial charge is 0.573 e. The van der Waals surface area contributed by atoms with E-state index in [1.807, 2.05) is 0 Å². The monoisotopic (exact) mass is 310 g/mol. The molecule has 0 heterocycles. The molecule has 0 amide bonds. The predicted octanol–water partition coefficient (Wildman–Crippen LogP) is 4.00. The van der Waals surface area contributed by atoms with Gasteiger partial charge in [-0.1, -0.05) is 42.5 Å². The fourth-order valence-corrected chi connectivity index (χ4v) is 2.10. The summed E-state index contributed by atoms with van der Waals surface area (Å²) in [7, 11) is 0. The van der Waals surface area contributed by atoms with Gasteiger partial charge in [0.2, 0.25) is 0 Å². The third-order valence-corrected chi connectivity index (χ3v) is 3.10. The predicted molar refractivity (Wildman–Crippen MR) is 73.6 cm³/mol. The molecule has 0 bridgehead atoms. The number of hydrogen-bond donors (Lipinski definition) is 1. The van der Waals surface area contributed by atoms with Crippen molar-refractivity contribution in [2.75, 3.05) is 0 Å². The molecule has 0 radical (unpaired) electrons. The van der Waals surface area contributed by atoms with Gasteiger partial charge in [0, 0.05) is 0 Å². The van der Waals surface area contributed by atoms with E-state index in [9.17, 15) is 23.1 Å². The third kappa shape index (κ3) is 4.51. The summed E-state index contributed by atoms with van der Waals surface area (Å²) in [6.45, 7) is 0. The van der Waals surface area contributed by atoms with Gasteiger partial charge in [-0.2, -0.15) is 0 Å². The van der Waals surface area contributed by atoms with Gasteiger partial charge in [0.1, 0.15) is 5.75 Å². The Morgan fingerprint density at radius 3 is 2.14 bits per heavy atom. The topological polar surface area (TPSA) is 46.5 Å². The second-order valence-electron chi connectivity index (χ2n) is 4.70. The van der Waals surface area contributed by atoms with Crippen LogP contribution in [0.4, 0.5) is 13.2 Å². The van der Waals surface area contributed by atoms with E-state index < -0.39 is 18.2 Å². The minimum absolute atomic E-state index is 0.186. The van der Waals surface area contributed by atoms with Gasteiger partial charge in [0.15, 0.2) is 0 Å². The second-order valence-corrected chi connectivity index (χ2v) is 4.70. The molecule has 0 spiro atoms. The van der Waals surface area contributed by atoms with Gasteiger partial charge < -0.3 is 9.84 Å². The average molecular weight is 310 g/mol. The molecule has 0 saturated heterocycles. The van der Waals surface area contributed by atoms with Gasteiger partial charge in [-0.25, -0.2) is 0 Å². The number of carboxylic acid groups (broad SMARTS) is 1. The molecular weight excluding hydrogens is 297 g/mol. The molecule has 1 unspecified atom stereocenters. The Kier molecular flexibility index (Phi) is 4.70. The number of hydrogen-bond acceptors (Lipinski definition) is 2. The van der Waals surface area contributed by atoms with Gasteiger partial charge in [-0.15, -0.1) is 13.2 Å². The molecule has 1 atom stereocenters. The van der Waals surface area contributed by atoms with Crippen LogP contribution < -0.4 is 4.74 Å². The molecule has 2 aromatic carbocycles. The van der Waals surface area contributed by atoms with Crippen molar-refractivity contribution in [3.63, 3.8) is 0 Å². The third-order valence-electron chi connectivity index (χ3n) is 3.10. The Hall–Kier alpha value is -2.50. The van der Waals surface area contributed by atoms with Crippen LogP contribution in [0.3, 0.4) is 0 Å². The smallest absolute Gasteiger partial charge is 0.481 e. The summed E-state index contributed by atoms with van der Waals surface area (Å²) >= 11 is 0. The fourth-order valence-electron chi connectivity index (χ4n) is 2.10. The van der Waals surface area contributed by atoms with Crippen LogP contribution in [-0.2, 0) is 11.2 Å². The molecule has 0 fully saturated rings. The summed E-state index contributed by atoms with van der Waals surface area (Å²) in [5.74, 6) is -2.07. The standard InChI is InChI=1S/C16H13F3O3/c17-16(18,19)22-13-8-6-11(7-9-13)10-14(15(20)21)12-4-2-1-3-5-12/h1-9,14H,10H2,(H,20,21). The molecule has 22 heavy (non-hydrogen) atoms. The van der Waals surface area contributed by atoms with Crippen LogP contribution in [0.5, 0.6) is 5.75 Å². The van der Waals surface area contributed by atoms with Crippen LogP contribution in [0, 0.1) is 0 Å². The lowest BCUT2D eigenvalue weighted by Gasteiger charge is -2.13. The maximum absolute atomic E-state index is 12.1. The van der Waals surface area contributed by atoms with E-state index in [-0.39, 0.29) is 12.2 Å². The highest BCUT2D eigenvalue weighted by molar-refractivity contribution is 5.76. The summed E-state index contributed by atoms with van der Waals surface area (Å²) in [5, 5.41) is 9.32. The lowest BCUT2D eigenvalue weighted by atomic mass is 9.92. The number of halogens is 3. The van der Waals surface area contributed by atoms with Crippen LogP contribution in [0.15, 0.2) is 54.6 Å². The molecular formula is C16H13F3O3. The maximum atomic E-state index is 12.1. The van der Waals surface area contributed by atoms with Crippen molar-refractivity contribution in [3.05, 3.63) is 65.7 Å². The number of ether oxygens (including phenoxy) is 1.